The van der Waals surface area contributed by atoms with Crippen molar-refractivity contribution in [3.8, 4) is 0 Å². The Balaban J connectivity index is 2.26. The smallest absolute Gasteiger partial charge is 0.255 e. The van der Waals surface area contributed by atoms with Crippen molar-refractivity contribution >= 4 is 27.5 Å². The Morgan fingerprint density at radius 1 is 1.43 bits per heavy atom. The van der Waals surface area contributed by atoms with Gasteiger partial charge in [0, 0.05) is 17.2 Å². The lowest BCUT2D eigenvalue weighted by molar-refractivity contribution is 0.0749. The van der Waals surface area contributed by atoms with Crippen molar-refractivity contribution in [2.75, 3.05) is 12.3 Å². The molecule has 0 fully saturated rings. The van der Waals surface area contributed by atoms with E-state index in [4.69, 9.17) is 5.73 Å². The highest BCUT2D eigenvalue weighted by molar-refractivity contribution is 9.10. The number of pyridine rings is 1. The van der Waals surface area contributed by atoms with Crippen molar-refractivity contribution in [2.24, 2.45) is 0 Å². The standard InChI is InChI=1S/C15H15BrFN3O/c1-2-20(9-10-5-3-4-6-19-10)15(21)11-7-14(18)13(17)8-12(11)16/h3-8H,2,9,18H2,1H3. The summed E-state index contributed by atoms with van der Waals surface area (Å²) in [6, 6.07) is 8.09. The van der Waals surface area contributed by atoms with Crippen LogP contribution in [0.15, 0.2) is 41.0 Å². The van der Waals surface area contributed by atoms with Crippen LogP contribution in [-0.2, 0) is 6.54 Å². The zero-order valence-electron chi connectivity index (χ0n) is 11.5. The van der Waals surface area contributed by atoms with E-state index in [-0.39, 0.29) is 11.6 Å². The summed E-state index contributed by atoms with van der Waals surface area (Å²) in [5.41, 5.74) is 6.63. The minimum Gasteiger partial charge on any atom is -0.396 e. The molecule has 0 atom stereocenters. The van der Waals surface area contributed by atoms with E-state index in [9.17, 15) is 9.18 Å². The molecule has 4 nitrogen and oxygen atoms in total. The molecule has 1 aromatic heterocycles. The molecular weight excluding hydrogens is 337 g/mol. The van der Waals surface area contributed by atoms with Gasteiger partial charge in [0.1, 0.15) is 5.82 Å². The number of amides is 1. The predicted octanol–water partition coefficient (Wildman–Crippen LogP) is 3.23. The molecule has 2 aromatic rings. The topological polar surface area (TPSA) is 59.2 Å². The number of benzene rings is 1. The predicted molar refractivity (Wildman–Crippen MR) is 83.2 cm³/mol. The molecule has 0 spiro atoms. The molecule has 1 heterocycles. The Kier molecular flexibility index (Phi) is 4.90. The number of halogens is 2. The third-order valence-electron chi connectivity index (χ3n) is 3.06. The number of hydrogen-bond acceptors (Lipinski definition) is 3. The summed E-state index contributed by atoms with van der Waals surface area (Å²) in [5, 5.41) is 0. The number of aromatic nitrogens is 1. The van der Waals surface area contributed by atoms with Crippen LogP contribution < -0.4 is 5.73 Å². The Labute approximate surface area is 130 Å². The van der Waals surface area contributed by atoms with Gasteiger partial charge in [0.05, 0.1) is 23.5 Å². The summed E-state index contributed by atoms with van der Waals surface area (Å²) >= 11 is 3.21. The van der Waals surface area contributed by atoms with Crippen molar-refractivity contribution in [1.82, 2.24) is 9.88 Å². The number of carbonyl (C=O) groups excluding carboxylic acids is 1. The monoisotopic (exact) mass is 351 g/mol. The molecule has 0 saturated heterocycles. The van der Waals surface area contributed by atoms with Crippen molar-refractivity contribution < 1.29 is 9.18 Å². The van der Waals surface area contributed by atoms with Crippen LogP contribution in [0.25, 0.3) is 0 Å². The van der Waals surface area contributed by atoms with E-state index in [2.05, 4.69) is 20.9 Å². The van der Waals surface area contributed by atoms with Crippen LogP contribution in [0.5, 0.6) is 0 Å². The SMILES string of the molecule is CCN(Cc1ccccn1)C(=O)c1cc(N)c(F)cc1Br. The van der Waals surface area contributed by atoms with E-state index < -0.39 is 5.82 Å². The van der Waals surface area contributed by atoms with E-state index in [0.29, 0.717) is 23.1 Å². The van der Waals surface area contributed by atoms with Crippen molar-refractivity contribution in [3.05, 3.63) is 58.1 Å². The van der Waals surface area contributed by atoms with Crippen LogP contribution in [0.3, 0.4) is 0 Å². The van der Waals surface area contributed by atoms with Crippen LogP contribution in [0.1, 0.15) is 23.0 Å². The molecule has 6 heteroatoms. The van der Waals surface area contributed by atoms with Crippen LogP contribution in [-0.4, -0.2) is 22.3 Å². The Morgan fingerprint density at radius 2 is 2.19 bits per heavy atom. The lowest BCUT2D eigenvalue weighted by atomic mass is 10.1. The van der Waals surface area contributed by atoms with Crippen LogP contribution in [0.2, 0.25) is 0 Å². The van der Waals surface area contributed by atoms with Crippen LogP contribution in [0, 0.1) is 5.82 Å². The van der Waals surface area contributed by atoms with Gasteiger partial charge in [0.25, 0.3) is 5.91 Å². The molecule has 0 aliphatic rings. The van der Waals surface area contributed by atoms with Crippen molar-refractivity contribution in [1.29, 1.82) is 0 Å². The summed E-state index contributed by atoms with van der Waals surface area (Å²) in [4.78, 5) is 18.4. The second-order valence-electron chi connectivity index (χ2n) is 4.49. The number of nitrogens with zero attached hydrogens (tertiary/aromatic N) is 2. The molecule has 0 unspecified atom stereocenters. The Hall–Kier alpha value is -1.95. The average Bonchev–Trinajstić information content (AvgIpc) is 2.49. The highest BCUT2D eigenvalue weighted by Gasteiger charge is 2.19. The molecule has 0 saturated carbocycles. The van der Waals surface area contributed by atoms with Gasteiger partial charge in [-0.3, -0.25) is 9.78 Å². The number of carbonyl (C=O) groups is 1. The lowest BCUT2D eigenvalue weighted by Gasteiger charge is -2.21. The van der Waals surface area contributed by atoms with Gasteiger partial charge >= 0.3 is 0 Å². The minimum absolute atomic E-state index is 0.0459. The molecule has 0 aliphatic heterocycles. The first kappa shape index (κ1) is 15.4. The largest absolute Gasteiger partial charge is 0.396 e. The summed E-state index contributed by atoms with van der Waals surface area (Å²) in [6.45, 7) is 2.78. The average molecular weight is 352 g/mol. The summed E-state index contributed by atoms with van der Waals surface area (Å²) < 4.78 is 13.8. The molecule has 21 heavy (non-hydrogen) atoms. The number of nitrogen functional groups attached to an aromatic ring is 1. The lowest BCUT2D eigenvalue weighted by Crippen LogP contribution is -2.31. The van der Waals surface area contributed by atoms with Gasteiger partial charge in [-0.25, -0.2) is 4.39 Å². The maximum Gasteiger partial charge on any atom is 0.255 e. The Bertz CT molecular complexity index is 649. The summed E-state index contributed by atoms with van der Waals surface area (Å²) in [5.74, 6) is -0.770. The fourth-order valence-electron chi connectivity index (χ4n) is 1.91. The fourth-order valence-corrected chi connectivity index (χ4v) is 2.40. The van der Waals surface area contributed by atoms with Gasteiger partial charge in [-0.1, -0.05) is 6.07 Å². The first-order chi connectivity index (χ1) is 10.0. The summed E-state index contributed by atoms with van der Waals surface area (Å²) in [7, 11) is 0. The molecule has 1 amide bonds. The van der Waals surface area contributed by atoms with E-state index in [1.807, 2.05) is 25.1 Å². The van der Waals surface area contributed by atoms with E-state index in [0.717, 1.165) is 5.69 Å². The normalized spacial score (nSPS) is 10.4. The molecule has 2 N–H and O–H groups in total. The zero-order chi connectivity index (χ0) is 15.4. The first-order valence-corrected chi connectivity index (χ1v) is 7.26. The summed E-state index contributed by atoms with van der Waals surface area (Å²) in [6.07, 6.45) is 1.68. The number of hydrogen-bond donors (Lipinski definition) is 1. The highest BCUT2D eigenvalue weighted by atomic mass is 79.9. The van der Waals surface area contributed by atoms with Gasteiger partial charge < -0.3 is 10.6 Å². The molecule has 2 rings (SSSR count). The maximum absolute atomic E-state index is 13.4. The second-order valence-corrected chi connectivity index (χ2v) is 5.35. The van der Waals surface area contributed by atoms with Gasteiger partial charge in [0.2, 0.25) is 0 Å². The van der Waals surface area contributed by atoms with Gasteiger partial charge in [-0.2, -0.15) is 0 Å². The first-order valence-electron chi connectivity index (χ1n) is 6.46. The molecule has 0 aliphatic carbocycles. The highest BCUT2D eigenvalue weighted by Crippen LogP contribution is 2.24. The van der Waals surface area contributed by atoms with Crippen molar-refractivity contribution in [3.63, 3.8) is 0 Å². The molecule has 0 radical (unpaired) electrons. The third-order valence-corrected chi connectivity index (χ3v) is 3.72. The quantitative estimate of drug-likeness (QED) is 0.860. The van der Waals surface area contributed by atoms with Crippen LogP contribution >= 0.6 is 15.9 Å². The van der Waals surface area contributed by atoms with Gasteiger partial charge in [-0.15, -0.1) is 0 Å². The van der Waals surface area contributed by atoms with Crippen LogP contribution in [0.4, 0.5) is 10.1 Å². The van der Waals surface area contributed by atoms with Gasteiger partial charge in [-0.05, 0) is 47.1 Å². The van der Waals surface area contributed by atoms with Gasteiger partial charge in [0.15, 0.2) is 0 Å². The number of rotatable bonds is 4. The molecular formula is C15H15BrFN3O. The second kappa shape index (κ2) is 6.67. The number of nitrogens with two attached hydrogens (primary N) is 1. The Morgan fingerprint density at radius 3 is 2.81 bits per heavy atom. The van der Waals surface area contributed by atoms with E-state index in [1.165, 1.54) is 12.1 Å². The zero-order valence-corrected chi connectivity index (χ0v) is 13.1. The van der Waals surface area contributed by atoms with E-state index in [1.54, 1.807) is 11.1 Å². The number of anilines is 1. The molecule has 1 aromatic carbocycles. The fraction of sp³-hybridized carbons (Fsp3) is 0.200. The molecule has 110 valence electrons. The maximum atomic E-state index is 13.4. The molecule has 0 bridgehead atoms. The minimum atomic E-state index is -0.550. The van der Waals surface area contributed by atoms with Crippen molar-refractivity contribution in [2.45, 2.75) is 13.5 Å². The van der Waals surface area contributed by atoms with E-state index >= 15 is 0 Å². The third kappa shape index (κ3) is 3.58.